The van der Waals surface area contributed by atoms with Gasteiger partial charge in [-0.25, -0.2) is 4.39 Å². The van der Waals surface area contributed by atoms with E-state index in [1.165, 1.54) is 35.5 Å². The van der Waals surface area contributed by atoms with Crippen molar-refractivity contribution in [3.63, 3.8) is 0 Å². The van der Waals surface area contributed by atoms with Gasteiger partial charge in [0, 0.05) is 38.4 Å². The van der Waals surface area contributed by atoms with Crippen LogP contribution in [0.4, 0.5) is 10.1 Å². The first-order chi connectivity index (χ1) is 15.2. The molecule has 2 aliphatic rings. The molecule has 2 aromatic carbocycles. The zero-order valence-corrected chi connectivity index (χ0v) is 18.6. The van der Waals surface area contributed by atoms with Crippen molar-refractivity contribution in [2.75, 3.05) is 44.2 Å². The molecule has 0 aliphatic carbocycles. The van der Waals surface area contributed by atoms with Crippen molar-refractivity contribution in [2.45, 2.75) is 43.5 Å². The first kappa shape index (κ1) is 23.0. The van der Waals surface area contributed by atoms with Gasteiger partial charge in [0.15, 0.2) is 0 Å². The van der Waals surface area contributed by atoms with Crippen molar-refractivity contribution in [2.24, 2.45) is 0 Å². The number of benzene rings is 2. The third kappa shape index (κ3) is 5.41. The summed E-state index contributed by atoms with van der Waals surface area (Å²) in [5, 5.41) is 32.7. The molecule has 3 N–H and O–H groups in total. The molecular weight excluding hydrogens is 411 g/mol. The number of halogens is 1. The third-order valence-electron chi connectivity index (χ3n) is 6.72. The van der Waals surface area contributed by atoms with E-state index in [0.29, 0.717) is 38.1 Å². The smallest absolute Gasteiger partial charge is 0.137 e. The molecule has 0 saturated carbocycles. The van der Waals surface area contributed by atoms with Crippen LogP contribution in [0.25, 0.3) is 0 Å². The molecule has 174 valence electrons. The number of likely N-dealkylation sites (tertiary alicyclic amines) is 1. The molecule has 2 heterocycles. The summed E-state index contributed by atoms with van der Waals surface area (Å²) in [4.78, 5) is 4.32. The second-order valence-corrected chi connectivity index (χ2v) is 9.41. The van der Waals surface area contributed by atoms with E-state index in [0.717, 1.165) is 13.1 Å². The molecule has 2 atom stereocenters. The van der Waals surface area contributed by atoms with Gasteiger partial charge in [0.25, 0.3) is 0 Å². The average molecular weight is 445 g/mol. The van der Waals surface area contributed by atoms with Crippen LogP contribution in [0.3, 0.4) is 0 Å². The molecule has 2 aliphatic heterocycles. The molecule has 4 rings (SSSR count). The van der Waals surface area contributed by atoms with Gasteiger partial charge in [-0.2, -0.15) is 0 Å². The van der Waals surface area contributed by atoms with Crippen LogP contribution in [-0.4, -0.2) is 76.9 Å². The third-order valence-corrected chi connectivity index (χ3v) is 6.72. The number of β-amino-alcohol motifs (C(OH)–C–C–N with tert-alkyl or cyclic N) is 2. The molecule has 7 heteroatoms. The minimum Gasteiger partial charge on any atom is -0.490 e. The Kier molecular flexibility index (Phi) is 6.72. The summed E-state index contributed by atoms with van der Waals surface area (Å²) >= 11 is 0. The van der Waals surface area contributed by atoms with Gasteiger partial charge in [0.2, 0.25) is 0 Å². The quantitative estimate of drug-likeness (QED) is 0.635. The SMILES string of the molecule is Cc1cccc(N2CCC(O)(CN3CC[C@H](O)[C@@](O)(COc4ccc(F)cc4)C3)CC2)c1. The predicted molar refractivity (Wildman–Crippen MR) is 121 cm³/mol. The van der Waals surface area contributed by atoms with E-state index in [-0.39, 0.29) is 19.0 Å². The number of rotatable bonds is 6. The molecule has 0 radical (unpaired) electrons. The minimum absolute atomic E-state index is 0.101. The molecule has 32 heavy (non-hydrogen) atoms. The molecule has 2 fully saturated rings. The number of anilines is 1. The standard InChI is InChI=1S/C25H33FN2O4/c1-19-3-2-4-21(15-19)28-13-10-24(30,11-14-28)16-27-12-9-23(29)25(31,17-27)18-32-22-7-5-20(26)6-8-22/h2-8,15,23,29-31H,9-14,16-18H2,1H3/t23-,25-/m0/s1. The zero-order valence-electron chi connectivity index (χ0n) is 18.6. The van der Waals surface area contributed by atoms with Crippen LogP contribution in [0.5, 0.6) is 5.75 Å². The summed E-state index contributed by atoms with van der Waals surface area (Å²) in [6, 6.07) is 14.0. The van der Waals surface area contributed by atoms with E-state index in [9.17, 15) is 19.7 Å². The lowest BCUT2D eigenvalue weighted by molar-refractivity contribution is -0.149. The lowest BCUT2D eigenvalue weighted by atomic mass is 9.86. The second-order valence-electron chi connectivity index (χ2n) is 9.41. The van der Waals surface area contributed by atoms with Gasteiger partial charge >= 0.3 is 0 Å². The highest BCUT2D eigenvalue weighted by Gasteiger charge is 2.44. The molecule has 2 aromatic rings. The molecule has 0 aromatic heterocycles. The second kappa shape index (κ2) is 9.35. The Labute approximate surface area is 188 Å². The first-order valence-electron chi connectivity index (χ1n) is 11.3. The van der Waals surface area contributed by atoms with Crippen LogP contribution in [0, 0.1) is 12.7 Å². The van der Waals surface area contributed by atoms with E-state index in [2.05, 4.69) is 36.1 Å². The van der Waals surface area contributed by atoms with Crippen molar-refractivity contribution in [3.05, 3.63) is 59.9 Å². The minimum atomic E-state index is -1.45. The van der Waals surface area contributed by atoms with Gasteiger partial charge in [-0.1, -0.05) is 12.1 Å². The lowest BCUT2D eigenvalue weighted by Gasteiger charge is -2.46. The van der Waals surface area contributed by atoms with Gasteiger partial charge in [-0.3, -0.25) is 4.90 Å². The Bertz CT molecular complexity index is 901. The molecule has 0 amide bonds. The predicted octanol–water partition coefficient (Wildman–Crippen LogP) is 2.34. The Morgan fingerprint density at radius 3 is 2.47 bits per heavy atom. The number of aliphatic hydroxyl groups is 3. The fourth-order valence-electron chi connectivity index (χ4n) is 4.74. The fraction of sp³-hybridized carbons (Fsp3) is 0.520. The van der Waals surface area contributed by atoms with Crippen LogP contribution in [0.2, 0.25) is 0 Å². The van der Waals surface area contributed by atoms with Crippen LogP contribution in [-0.2, 0) is 0 Å². The first-order valence-corrected chi connectivity index (χ1v) is 11.3. The Morgan fingerprint density at radius 1 is 1.06 bits per heavy atom. The number of aliphatic hydroxyl groups excluding tert-OH is 1. The number of nitrogens with zero attached hydrogens (tertiary/aromatic N) is 2. The Balaban J connectivity index is 1.33. The van der Waals surface area contributed by atoms with Crippen LogP contribution in [0.1, 0.15) is 24.8 Å². The maximum absolute atomic E-state index is 13.1. The highest BCUT2D eigenvalue weighted by Crippen LogP contribution is 2.30. The van der Waals surface area contributed by atoms with Gasteiger partial charge in [0.05, 0.1) is 11.7 Å². The Morgan fingerprint density at radius 2 is 1.78 bits per heavy atom. The summed E-state index contributed by atoms with van der Waals surface area (Å²) < 4.78 is 18.7. The Hall–Kier alpha value is -2.19. The van der Waals surface area contributed by atoms with Gasteiger partial charge in [-0.05, 0) is 68.1 Å². The topological polar surface area (TPSA) is 76.4 Å². The van der Waals surface area contributed by atoms with Crippen molar-refractivity contribution < 1.29 is 24.4 Å². The van der Waals surface area contributed by atoms with Gasteiger partial charge < -0.3 is 25.0 Å². The summed E-state index contributed by atoms with van der Waals surface area (Å²) in [5.74, 6) is 0.0768. The maximum atomic E-state index is 13.1. The summed E-state index contributed by atoms with van der Waals surface area (Å²) in [6.45, 7) is 4.78. The van der Waals surface area contributed by atoms with Gasteiger partial charge in [-0.15, -0.1) is 0 Å². The van der Waals surface area contributed by atoms with Crippen molar-refractivity contribution >= 4 is 5.69 Å². The van der Waals surface area contributed by atoms with Crippen molar-refractivity contribution in [1.82, 2.24) is 4.90 Å². The van der Waals surface area contributed by atoms with E-state index in [1.54, 1.807) is 0 Å². The molecule has 0 spiro atoms. The van der Waals surface area contributed by atoms with Crippen molar-refractivity contribution in [1.29, 1.82) is 0 Å². The fourth-order valence-corrected chi connectivity index (χ4v) is 4.74. The normalized spacial score (nSPS) is 26.2. The highest BCUT2D eigenvalue weighted by molar-refractivity contribution is 5.48. The summed E-state index contributed by atoms with van der Waals surface area (Å²) in [5.41, 5.74) is 0.116. The number of piperidine rings is 2. The summed E-state index contributed by atoms with van der Waals surface area (Å²) in [6.07, 6.45) is 0.765. The number of hydrogen-bond donors (Lipinski definition) is 3. The van der Waals surface area contributed by atoms with E-state index >= 15 is 0 Å². The van der Waals surface area contributed by atoms with E-state index < -0.39 is 17.3 Å². The lowest BCUT2D eigenvalue weighted by Crippen LogP contribution is -2.62. The van der Waals surface area contributed by atoms with Crippen LogP contribution in [0.15, 0.2) is 48.5 Å². The van der Waals surface area contributed by atoms with E-state index in [4.69, 9.17) is 4.74 Å². The molecule has 0 unspecified atom stereocenters. The van der Waals surface area contributed by atoms with E-state index in [1.807, 2.05) is 4.90 Å². The number of hydrogen-bond acceptors (Lipinski definition) is 6. The van der Waals surface area contributed by atoms with Crippen molar-refractivity contribution in [3.8, 4) is 5.75 Å². The average Bonchev–Trinajstić information content (AvgIpc) is 2.76. The molecular formula is C25H33FN2O4. The summed E-state index contributed by atoms with van der Waals surface area (Å²) in [7, 11) is 0. The van der Waals surface area contributed by atoms with Gasteiger partial charge in [0.1, 0.15) is 23.8 Å². The van der Waals surface area contributed by atoms with Crippen LogP contribution < -0.4 is 9.64 Å². The molecule has 6 nitrogen and oxygen atoms in total. The highest BCUT2D eigenvalue weighted by atomic mass is 19.1. The number of ether oxygens (including phenoxy) is 1. The maximum Gasteiger partial charge on any atom is 0.137 e. The molecule has 2 saturated heterocycles. The number of aryl methyl sites for hydroxylation is 1. The van der Waals surface area contributed by atoms with Crippen LogP contribution >= 0.6 is 0 Å². The molecule has 0 bridgehead atoms. The zero-order chi connectivity index (χ0) is 22.8. The largest absolute Gasteiger partial charge is 0.490 e. The monoisotopic (exact) mass is 444 g/mol.